The molecule has 0 saturated heterocycles. The van der Waals surface area contributed by atoms with Crippen LogP contribution < -0.4 is 0 Å². The van der Waals surface area contributed by atoms with E-state index in [0.29, 0.717) is 17.0 Å². The van der Waals surface area contributed by atoms with Gasteiger partial charge < -0.3 is 0 Å². The highest BCUT2D eigenvalue weighted by atomic mass is 79.9. The molecule has 0 aliphatic carbocycles. The summed E-state index contributed by atoms with van der Waals surface area (Å²) < 4.78 is 16.1. The van der Waals surface area contributed by atoms with Gasteiger partial charge in [-0.05, 0) is 24.3 Å². The van der Waals surface area contributed by atoms with Crippen LogP contribution in [0.25, 0.3) is 17.0 Å². The number of hydrogen-bond acceptors (Lipinski definition) is 2. The van der Waals surface area contributed by atoms with Crippen LogP contribution in [-0.4, -0.2) is 14.6 Å². The second-order valence-corrected chi connectivity index (χ2v) is 4.48. The molecule has 0 aliphatic rings. The third-order valence-corrected chi connectivity index (χ3v) is 2.91. The standard InChI is InChI=1S/C12H7BrFN3/c13-8-5-6-17-11(7-8)15-12(16-17)9-3-1-2-4-10(9)14/h1-7H. The van der Waals surface area contributed by atoms with E-state index < -0.39 is 0 Å². The predicted molar refractivity (Wildman–Crippen MR) is 66.1 cm³/mol. The molecule has 0 fully saturated rings. The molecule has 2 aromatic heterocycles. The predicted octanol–water partition coefficient (Wildman–Crippen LogP) is 3.30. The minimum Gasteiger partial charge on any atom is -0.220 e. The molecule has 1 aromatic carbocycles. The van der Waals surface area contributed by atoms with Gasteiger partial charge in [0.1, 0.15) is 5.82 Å². The number of benzene rings is 1. The maximum atomic E-state index is 13.6. The maximum Gasteiger partial charge on any atom is 0.185 e. The number of aromatic nitrogens is 3. The molecule has 0 atom stereocenters. The highest BCUT2D eigenvalue weighted by molar-refractivity contribution is 9.10. The van der Waals surface area contributed by atoms with Gasteiger partial charge in [-0.3, -0.25) is 0 Å². The Morgan fingerprint density at radius 3 is 2.82 bits per heavy atom. The van der Waals surface area contributed by atoms with Gasteiger partial charge in [0.25, 0.3) is 0 Å². The third kappa shape index (κ3) is 1.82. The fourth-order valence-electron chi connectivity index (χ4n) is 1.61. The Morgan fingerprint density at radius 1 is 1.18 bits per heavy atom. The Bertz CT molecular complexity index is 693. The molecule has 0 radical (unpaired) electrons. The first-order valence-corrected chi connectivity index (χ1v) is 5.80. The van der Waals surface area contributed by atoms with Gasteiger partial charge in [0, 0.05) is 10.7 Å². The monoisotopic (exact) mass is 291 g/mol. The summed E-state index contributed by atoms with van der Waals surface area (Å²) in [4.78, 5) is 4.29. The molecule has 84 valence electrons. The summed E-state index contributed by atoms with van der Waals surface area (Å²) >= 11 is 3.36. The summed E-state index contributed by atoms with van der Waals surface area (Å²) in [5.74, 6) is 0.0728. The minimum absolute atomic E-state index is 0.317. The van der Waals surface area contributed by atoms with Crippen LogP contribution >= 0.6 is 15.9 Å². The van der Waals surface area contributed by atoms with Gasteiger partial charge >= 0.3 is 0 Å². The number of pyridine rings is 1. The van der Waals surface area contributed by atoms with E-state index in [2.05, 4.69) is 26.0 Å². The summed E-state index contributed by atoms with van der Waals surface area (Å²) in [5, 5.41) is 4.23. The second kappa shape index (κ2) is 3.92. The average molecular weight is 292 g/mol. The summed E-state index contributed by atoms with van der Waals surface area (Å²) in [6.07, 6.45) is 1.77. The van der Waals surface area contributed by atoms with Crippen molar-refractivity contribution in [2.75, 3.05) is 0 Å². The van der Waals surface area contributed by atoms with Crippen molar-refractivity contribution in [3.63, 3.8) is 0 Å². The Hall–Kier alpha value is -1.75. The zero-order valence-electron chi connectivity index (χ0n) is 8.64. The quantitative estimate of drug-likeness (QED) is 0.689. The molecule has 3 aromatic rings. The van der Waals surface area contributed by atoms with Crippen molar-refractivity contribution in [3.05, 3.63) is 52.9 Å². The van der Waals surface area contributed by atoms with E-state index in [1.165, 1.54) is 6.07 Å². The van der Waals surface area contributed by atoms with Crippen molar-refractivity contribution < 1.29 is 4.39 Å². The van der Waals surface area contributed by atoms with Crippen LogP contribution in [0, 0.1) is 5.82 Å². The van der Waals surface area contributed by atoms with Crippen LogP contribution in [0.4, 0.5) is 4.39 Å². The fraction of sp³-hybridized carbons (Fsp3) is 0. The Labute approximate surface area is 105 Å². The molecule has 5 heteroatoms. The minimum atomic E-state index is -0.317. The van der Waals surface area contributed by atoms with Gasteiger partial charge in [-0.2, -0.15) is 0 Å². The second-order valence-electron chi connectivity index (χ2n) is 3.56. The lowest BCUT2D eigenvalue weighted by molar-refractivity contribution is 0.630. The topological polar surface area (TPSA) is 30.2 Å². The smallest absolute Gasteiger partial charge is 0.185 e. The normalized spacial score (nSPS) is 10.9. The van der Waals surface area contributed by atoms with E-state index in [4.69, 9.17) is 0 Å². The Balaban J connectivity index is 2.22. The first kappa shape index (κ1) is 10.4. The molecular formula is C12H7BrFN3. The highest BCUT2D eigenvalue weighted by Gasteiger charge is 2.10. The molecule has 0 saturated carbocycles. The maximum absolute atomic E-state index is 13.6. The number of fused-ring (bicyclic) bond motifs is 1. The summed E-state index contributed by atoms with van der Waals surface area (Å²) in [5.41, 5.74) is 1.09. The van der Waals surface area contributed by atoms with Gasteiger partial charge in [-0.15, -0.1) is 5.10 Å². The number of halogens is 2. The van der Waals surface area contributed by atoms with E-state index in [0.717, 1.165) is 4.47 Å². The zero-order valence-corrected chi connectivity index (χ0v) is 10.2. The van der Waals surface area contributed by atoms with Crippen molar-refractivity contribution in [2.45, 2.75) is 0 Å². The molecule has 3 nitrogen and oxygen atoms in total. The van der Waals surface area contributed by atoms with Crippen LogP contribution in [0.15, 0.2) is 47.1 Å². The first-order valence-electron chi connectivity index (χ1n) is 5.01. The van der Waals surface area contributed by atoms with Crippen molar-refractivity contribution in [3.8, 4) is 11.4 Å². The summed E-state index contributed by atoms with van der Waals surface area (Å²) in [6.45, 7) is 0. The molecule has 3 rings (SSSR count). The van der Waals surface area contributed by atoms with Gasteiger partial charge in [-0.25, -0.2) is 13.9 Å². The largest absolute Gasteiger partial charge is 0.220 e. The molecule has 0 spiro atoms. The average Bonchev–Trinajstić information content (AvgIpc) is 2.72. The third-order valence-electron chi connectivity index (χ3n) is 2.41. The SMILES string of the molecule is Fc1ccccc1-c1nc2cc(Br)ccn2n1. The molecule has 2 heterocycles. The highest BCUT2D eigenvalue weighted by Crippen LogP contribution is 2.20. The van der Waals surface area contributed by atoms with Crippen LogP contribution in [-0.2, 0) is 0 Å². The lowest BCUT2D eigenvalue weighted by Gasteiger charge is -1.95. The van der Waals surface area contributed by atoms with E-state index in [9.17, 15) is 4.39 Å². The molecule has 0 bridgehead atoms. The van der Waals surface area contributed by atoms with Crippen molar-refractivity contribution in [1.82, 2.24) is 14.6 Å². The van der Waals surface area contributed by atoms with Gasteiger partial charge in [0.15, 0.2) is 11.5 Å². The van der Waals surface area contributed by atoms with Crippen LogP contribution in [0.1, 0.15) is 0 Å². The Morgan fingerprint density at radius 2 is 2.00 bits per heavy atom. The number of rotatable bonds is 1. The van der Waals surface area contributed by atoms with E-state index in [1.54, 1.807) is 28.9 Å². The zero-order chi connectivity index (χ0) is 11.8. The molecular weight excluding hydrogens is 285 g/mol. The number of hydrogen-bond donors (Lipinski definition) is 0. The molecule has 0 unspecified atom stereocenters. The van der Waals surface area contributed by atoms with Gasteiger partial charge in [0.05, 0.1) is 5.56 Å². The summed E-state index contributed by atoms with van der Waals surface area (Å²) in [6, 6.07) is 10.2. The van der Waals surface area contributed by atoms with E-state index >= 15 is 0 Å². The van der Waals surface area contributed by atoms with Crippen molar-refractivity contribution in [1.29, 1.82) is 0 Å². The first-order chi connectivity index (χ1) is 8.24. The lowest BCUT2D eigenvalue weighted by Crippen LogP contribution is -1.87. The van der Waals surface area contributed by atoms with Gasteiger partial charge in [0.2, 0.25) is 0 Å². The molecule has 0 amide bonds. The summed E-state index contributed by atoms with van der Waals surface area (Å²) in [7, 11) is 0. The Kier molecular flexibility index (Phi) is 2.40. The van der Waals surface area contributed by atoms with Gasteiger partial charge in [-0.1, -0.05) is 28.1 Å². The van der Waals surface area contributed by atoms with E-state index in [1.807, 2.05) is 12.1 Å². The van der Waals surface area contributed by atoms with Crippen molar-refractivity contribution in [2.24, 2.45) is 0 Å². The van der Waals surface area contributed by atoms with Crippen LogP contribution in [0.5, 0.6) is 0 Å². The molecule has 0 aliphatic heterocycles. The van der Waals surface area contributed by atoms with Crippen LogP contribution in [0.2, 0.25) is 0 Å². The van der Waals surface area contributed by atoms with Crippen LogP contribution in [0.3, 0.4) is 0 Å². The molecule has 0 N–H and O–H groups in total. The van der Waals surface area contributed by atoms with Crippen molar-refractivity contribution >= 4 is 21.6 Å². The molecule has 17 heavy (non-hydrogen) atoms. The van der Waals surface area contributed by atoms with E-state index in [-0.39, 0.29) is 5.82 Å². The number of nitrogens with zero attached hydrogens (tertiary/aromatic N) is 3. The fourth-order valence-corrected chi connectivity index (χ4v) is 1.94. The lowest BCUT2D eigenvalue weighted by atomic mass is 10.2.